The summed E-state index contributed by atoms with van der Waals surface area (Å²) in [6.07, 6.45) is -2.39. The van der Waals surface area contributed by atoms with Crippen molar-refractivity contribution in [3.05, 3.63) is 95.1 Å². The smallest absolute Gasteiger partial charge is 0.389 e. The van der Waals surface area contributed by atoms with Crippen LogP contribution in [0.4, 0.5) is 13.2 Å². The molecule has 0 saturated heterocycles. The highest BCUT2D eigenvalue weighted by molar-refractivity contribution is 6.89. The Balaban J connectivity index is 1.62. The Bertz CT molecular complexity index is 1520. The zero-order valence-electron chi connectivity index (χ0n) is 30.2. The number of phenolic OH excluding ortho intramolecular Hbond substituents is 1. The number of carbonyl (C=O) groups excluding carboxylic acids is 1. The lowest BCUT2D eigenvalue weighted by Gasteiger charge is -2.43. The molecule has 0 aliphatic heterocycles. The Morgan fingerprint density at radius 1 is 0.694 bits per heavy atom. The first-order valence-corrected chi connectivity index (χ1v) is 28.5. The van der Waals surface area contributed by atoms with E-state index in [-0.39, 0.29) is 11.8 Å². The first kappa shape index (κ1) is 40.9. The molecular weight excluding hydrogens is 698 g/mol. The lowest BCUT2D eigenvalue weighted by molar-refractivity contribution is -0.131. The summed E-state index contributed by atoms with van der Waals surface area (Å²) in [5.74, 6) is 0.373. The van der Waals surface area contributed by atoms with Gasteiger partial charge in [0.2, 0.25) is 0 Å². The molecule has 0 bridgehead atoms. The van der Waals surface area contributed by atoms with Gasteiger partial charge in [0, 0.05) is 6.42 Å². The van der Waals surface area contributed by atoms with Gasteiger partial charge in [-0.1, -0.05) is 54.1 Å². The van der Waals surface area contributed by atoms with Gasteiger partial charge in [-0.3, -0.25) is 0 Å². The molecule has 3 rings (SSSR count). The zero-order chi connectivity index (χ0) is 36.5. The number of alkyl halides is 3. The summed E-state index contributed by atoms with van der Waals surface area (Å²) in [5, 5.41) is 10.1. The summed E-state index contributed by atoms with van der Waals surface area (Å²) in [6, 6.07) is 23.3. The summed E-state index contributed by atoms with van der Waals surface area (Å²) in [5.41, 5.74) is 3.33. The molecule has 270 valence electrons. The van der Waals surface area contributed by atoms with Crippen molar-refractivity contribution in [2.45, 2.75) is 109 Å². The molecule has 0 aromatic heterocycles. The van der Waals surface area contributed by atoms with Crippen molar-refractivity contribution in [3.8, 4) is 11.5 Å². The van der Waals surface area contributed by atoms with Crippen LogP contribution in [0.1, 0.15) is 46.3 Å². The van der Waals surface area contributed by atoms with Gasteiger partial charge in [0.1, 0.15) is 11.5 Å². The number of aryl methyl sites for hydroxylation is 3. The number of hydrogen-bond acceptors (Lipinski definition) is 6. The third kappa shape index (κ3) is 14.7. The largest absolute Gasteiger partial charge is 0.508 e. The molecule has 0 saturated carbocycles. The van der Waals surface area contributed by atoms with Crippen LogP contribution < -0.4 is 4.74 Å². The minimum Gasteiger partial charge on any atom is -0.508 e. The van der Waals surface area contributed by atoms with Gasteiger partial charge in [0.15, 0.2) is 16.6 Å². The van der Waals surface area contributed by atoms with Crippen molar-refractivity contribution in [1.82, 2.24) is 0 Å². The average Bonchev–Trinajstić information content (AvgIpc) is 2.96. The van der Waals surface area contributed by atoms with Crippen molar-refractivity contribution in [3.63, 3.8) is 0 Å². The fourth-order valence-electron chi connectivity index (χ4n) is 6.17. The Hall–Kier alpha value is -2.53. The third-order valence-electron chi connectivity index (χ3n) is 8.24. The molecule has 0 aliphatic carbocycles. The van der Waals surface area contributed by atoms with Crippen LogP contribution in [-0.4, -0.2) is 51.0 Å². The minimum absolute atomic E-state index is 0.188. The summed E-state index contributed by atoms with van der Waals surface area (Å²) in [4.78, 5) is 12.8. The number of benzene rings is 3. The molecule has 0 radical (unpaired) electrons. The quantitative estimate of drug-likeness (QED) is 0.0793. The van der Waals surface area contributed by atoms with Crippen molar-refractivity contribution in [2.75, 3.05) is 0 Å². The average molecular weight is 751 g/mol. The molecule has 13 heteroatoms. The van der Waals surface area contributed by atoms with Gasteiger partial charge in [0.25, 0.3) is 0 Å². The molecular formula is C36H53F3O6Si4. The van der Waals surface area contributed by atoms with E-state index in [2.05, 4.69) is 13.1 Å². The van der Waals surface area contributed by atoms with Gasteiger partial charge in [-0.05, 0) is 132 Å². The standard InChI is InChI=1S/C36H53F3O6Si4/c1-29-21-23-32(24-22-29)35(41)42-34-20-12-10-16-31(34)18-14-26-46(2,3)43-48(6,7)45-49(8,28-25-36(37,38)39)44-47(4,5)27-13-17-30-15-9-11-19-33(30)40/h9-12,15-16,19-24,40H,13-14,17-18,25-28H2,1-8H3. The molecule has 0 heterocycles. The number of rotatable bonds is 18. The highest BCUT2D eigenvalue weighted by Crippen LogP contribution is 2.34. The van der Waals surface area contributed by atoms with Gasteiger partial charge in [0.05, 0.1) is 5.56 Å². The van der Waals surface area contributed by atoms with Gasteiger partial charge < -0.3 is 22.2 Å². The van der Waals surface area contributed by atoms with Crippen molar-refractivity contribution in [1.29, 1.82) is 0 Å². The molecule has 0 fully saturated rings. The summed E-state index contributed by atoms with van der Waals surface area (Å²) in [6.45, 7) is 15.8. The Morgan fingerprint density at radius 2 is 1.22 bits per heavy atom. The predicted molar refractivity (Wildman–Crippen MR) is 200 cm³/mol. The third-order valence-corrected chi connectivity index (χ3v) is 24.3. The zero-order valence-corrected chi connectivity index (χ0v) is 34.2. The van der Waals surface area contributed by atoms with Crippen molar-refractivity contribution < 1.29 is 40.2 Å². The fourth-order valence-corrected chi connectivity index (χ4v) is 25.8. The van der Waals surface area contributed by atoms with E-state index >= 15 is 0 Å². The minimum atomic E-state index is -4.32. The lowest BCUT2D eigenvalue weighted by Crippen LogP contribution is -2.58. The van der Waals surface area contributed by atoms with Gasteiger partial charge in [-0.25, -0.2) is 4.79 Å². The molecule has 6 nitrogen and oxygen atoms in total. The molecule has 0 spiro atoms. The van der Waals surface area contributed by atoms with Gasteiger partial charge >= 0.3 is 29.3 Å². The second-order valence-corrected chi connectivity index (χ2v) is 30.7. The maximum atomic E-state index is 13.5. The number of carbonyl (C=O) groups is 1. The molecule has 3 aromatic carbocycles. The Labute approximate surface area is 294 Å². The van der Waals surface area contributed by atoms with E-state index in [1.165, 1.54) is 0 Å². The predicted octanol–water partition coefficient (Wildman–Crippen LogP) is 10.7. The molecule has 0 aliphatic rings. The van der Waals surface area contributed by atoms with Gasteiger partial charge in [-0.15, -0.1) is 0 Å². The molecule has 0 amide bonds. The first-order valence-electron chi connectivity index (χ1n) is 17.0. The Morgan fingerprint density at radius 3 is 1.82 bits per heavy atom. The van der Waals surface area contributed by atoms with E-state index in [4.69, 9.17) is 17.1 Å². The number of aromatic hydroxyl groups is 1. The monoisotopic (exact) mass is 750 g/mol. The van der Waals surface area contributed by atoms with E-state index in [1.54, 1.807) is 36.9 Å². The van der Waals surface area contributed by atoms with Crippen molar-refractivity contribution in [2.24, 2.45) is 0 Å². The van der Waals surface area contributed by atoms with Crippen LogP contribution in [0.5, 0.6) is 11.5 Å². The van der Waals surface area contributed by atoms with E-state index in [1.807, 2.05) is 75.6 Å². The molecule has 3 aromatic rings. The van der Waals surface area contributed by atoms with Gasteiger partial charge in [-0.2, -0.15) is 13.2 Å². The van der Waals surface area contributed by atoms with Crippen LogP contribution in [0.3, 0.4) is 0 Å². The maximum absolute atomic E-state index is 13.5. The van der Waals surface area contributed by atoms with Crippen LogP contribution in [-0.2, 0) is 25.2 Å². The number of para-hydroxylation sites is 2. The molecule has 1 unspecified atom stereocenters. The number of ether oxygens (including phenoxy) is 1. The topological polar surface area (TPSA) is 74.2 Å². The number of esters is 1. The second kappa shape index (κ2) is 17.1. The fraction of sp³-hybridized carbons (Fsp3) is 0.472. The summed E-state index contributed by atoms with van der Waals surface area (Å²) < 4.78 is 66.3. The lowest BCUT2D eigenvalue weighted by atomic mass is 10.1. The first-order chi connectivity index (χ1) is 22.7. The second-order valence-electron chi connectivity index (χ2n) is 14.7. The summed E-state index contributed by atoms with van der Waals surface area (Å²) in [7, 11) is -11.0. The van der Waals surface area contributed by atoms with Crippen LogP contribution in [0.2, 0.25) is 64.0 Å². The van der Waals surface area contributed by atoms with Crippen LogP contribution in [0.15, 0.2) is 72.8 Å². The van der Waals surface area contributed by atoms with Crippen LogP contribution >= 0.6 is 0 Å². The van der Waals surface area contributed by atoms with E-state index in [9.17, 15) is 23.1 Å². The molecule has 49 heavy (non-hydrogen) atoms. The highest BCUT2D eigenvalue weighted by Gasteiger charge is 2.47. The van der Waals surface area contributed by atoms with Crippen LogP contribution in [0, 0.1) is 6.92 Å². The number of hydrogen-bond donors (Lipinski definition) is 1. The molecule has 1 atom stereocenters. The SMILES string of the molecule is Cc1ccc(C(=O)Oc2ccccc2CCC[Si](C)(C)O[Si](C)(C)O[Si](C)(CCC(F)(F)F)O[Si](C)(C)CCCc2ccccc2O)cc1. The van der Waals surface area contributed by atoms with E-state index in [0.717, 1.165) is 41.6 Å². The van der Waals surface area contributed by atoms with E-state index < -0.39 is 52.3 Å². The maximum Gasteiger partial charge on any atom is 0.389 e. The number of phenols is 1. The molecule has 1 N–H and O–H groups in total. The Kier molecular flexibility index (Phi) is 14.3. The normalized spacial score (nSPS) is 14.0. The summed E-state index contributed by atoms with van der Waals surface area (Å²) >= 11 is 0. The number of halogens is 3. The van der Waals surface area contributed by atoms with E-state index in [0.29, 0.717) is 24.2 Å². The van der Waals surface area contributed by atoms with Crippen molar-refractivity contribution >= 4 is 39.7 Å². The van der Waals surface area contributed by atoms with Crippen LogP contribution in [0.25, 0.3) is 0 Å². The highest BCUT2D eigenvalue weighted by atomic mass is 28.5.